The Morgan fingerprint density at radius 2 is 2.07 bits per heavy atom. The number of hydrogen-bond donors (Lipinski definition) is 1. The van der Waals surface area contributed by atoms with Gasteiger partial charge in [0.2, 0.25) is 0 Å². The van der Waals surface area contributed by atoms with E-state index in [0.717, 1.165) is 4.90 Å². The molecule has 0 aliphatic carbocycles. The van der Waals surface area contributed by atoms with Crippen molar-refractivity contribution in [2.45, 2.75) is 17.9 Å². The van der Waals surface area contributed by atoms with Crippen molar-refractivity contribution >= 4 is 17.4 Å². The van der Waals surface area contributed by atoms with Crippen molar-refractivity contribution in [3.8, 4) is 0 Å². The van der Waals surface area contributed by atoms with Crippen LogP contribution in [0.5, 0.6) is 0 Å². The first-order valence-corrected chi connectivity index (χ1v) is 5.13. The fourth-order valence-corrected chi connectivity index (χ4v) is 1.64. The van der Waals surface area contributed by atoms with Crippen molar-refractivity contribution in [2.24, 2.45) is 0 Å². The highest BCUT2D eigenvalue weighted by atomic mass is 32.2. The summed E-state index contributed by atoms with van der Waals surface area (Å²) in [7, 11) is 0. The molecule has 0 bridgehead atoms. The zero-order valence-electron chi connectivity index (χ0n) is 7.71. The minimum absolute atomic E-state index is 0.0893. The molecule has 1 N–H and O–H groups in total. The predicted octanol–water partition coefficient (Wildman–Crippen LogP) is 2.07. The first-order valence-electron chi connectivity index (χ1n) is 4.15. The van der Waals surface area contributed by atoms with Gasteiger partial charge in [-0.3, -0.25) is 10.1 Å². The first kappa shape index (κ1) is 11.0. The lowest BCUT2D eigenvalue weighted by Gasteiger charge is -2.02. The maximum Gasteiger partial charge on any atom is 0.269 e. The van der Waals surface area contributed by atoms with Crippen LogP contribution in [0.15, 0.2) is 29.2 Å². The molecular formula is C9H11NO3S. The Morgan fingerprint density at radius 3 is 2.50 bits per heavy atom. The summed E-state index contributed by atoms with van der Waals surface area (Å²) in [6.45, 7) is 1.71. The van der Waals surface area contributed by atoms with E-state index in [9.17, 15) is 10.1 Å². The summed E-state index contributed by atoms with van der Waals surface area (Å²) in [5.41, 5.74) is 0.0893. The maximum atomic E-state index is 10.3. The van der Waals surface area contributed by atoms with Gasteiger partial charge in [-0.05, 0) is 19.1 Å². The zero-order valence-corrected chi connectivity index (χ0v) is 8.53. The molecule has 0 saturated carbocycles. The number of aliphatic hydroxyl groups excluding tert-OH is 1. The van der Waals surface area contributed by atoms with E-state index in [1.807, 2.05) is 0 Å². The second kappa shape index (κ2) is 4.97. The van der Waals surface area contributed by atoms with Gasteiger partial charge < -0.3 is 5.11 Å². The van der Waals surface area contributed by atoms with Crippen molar-refractivity contribution in [1.82, 2.24) is 0 Å². The molecule has 0 fully saturated rings. The molecule has 0 aliphatic rings. The topological polar surface area (TPSA) is 63.4 Å². The fraction of sp³-hybridized carbons (Fsp3) is 0.333. The Labute approximate surface area is 86.1 Å². The molecule has 76 valence electrons. The molecule has 4 nitrogen and oxygen atoms in total. The van der Waals surface area contributed by atoms with E-state index in [0.29, 0.717) is 5.75 Å². The lowest BCUT2D eigenvalue weighted by atomic mass is 10.3. The Bertz CT molecular complexity index is 310. The van der Waals surface area contributed by atoms with Crippen LogP contribution in [0, 0.1) is 10.1 Å². The fourth-order valence-electron chi connectivity index (χ4n) is 0.881. The SMILES string of the molecule is CC(O)CSc1ccc([N+](=O)[O-])cc1. The standard InChI is InChI=1S/C9H11NO3S/c1-7(11)6-14-9-4-2-8(3-5-9)10(12)13/h2-5,7,11H,6H2,1H3. The van der Waals surface area contributed by atoms with Gasteiger partial charge in [-0.15, -0.1) is 11.8 Å². The molecule has 0 radical (unpaired) electrons. The first-order chi connectivity index (χ1) is 6.59. The molecule has 14 heavy (non-hydrogen) atoms. The maximum absolute atomic E-state index is 10.3. The summed E-state index contributed by atoms with van der Waals surface area (Å²) in [6.07, 6.45) is -0.366. The second-order valence-corrected chi connectivity index (χ2v) is 4.00. The normalized spacial score (nSPS) is 12.4. The van der Waals surface area contributed by atoms with E-state index < -0.39 is 4.92 Å². The molecular weight excluding hydrogens is 202 g/mol. The number of hydrogen-bond acceptors (Lipinski definition) is 4. The molecule has 5 heteroatoms. The van der Waals surface area contributed by atoms with Crippen LogP contribution < -0.4 is 0 Å². The van der Waals surface area contributed by atoms with E-state index in [4.69, 9.17) is 5.11 Å². The van der Waals surface area contributed by atoms with Crippen molar-refractivity contribution < 1.29 is 10.0 Å². The van der Waals surface area contributed by atoms with E-state index in [1.165, 1.54) is 23.9 Å². The Balaban J connectivity index is 2.60. The van der Waals surface area contributed by atoms with Crippen molar-refractivity contribution in [2.75, 3.05) is 5.75 Å². The molecule has 0 spiro atoms. The second-order valence-electron chi connectivity index (χ2n) is 2.91. The average molecular weight is 213 g/mol. The lowest BCUT2D eigenvalue weighted by Crippen LogP contribution is -2.02. The van der Waals surface area contributed by atoms with Gasteiger partial charge in [0.15, 0.2) is 0 Å². The van der Waals surface area contributed by atoms with Crippen molar-refractivity contribution in [3.63, 3.8) is 0 Å². The van der Waals surface area contributed by atoms with Gasteiger partial charge in [-0.2, -0.15) is 0 Å². The highest BCUT2D eigenvalue weighted by Crippen LogP contribution is 2.21. The molecule has 0 saturated heterocycles. The minimum Gasteiger partial charge on any atom is -0.393 e. The van der Waals surface area contributed by atoms with Gasteiger partial charge in [0, 0.05) is 22.8 Å². The van der Waals surface area contributed by atoms with E-state index in [-0.39, 0.29) is 11.8 Å². The predicted molar refractivity (Wildman–Crippen MR) is 55.5 cm³/mol. The number of benzene rings is 1. The van der Waals surface area contributed by atoms with E-state index in [1.54, 1.807) is 19.1 Å². The number of nitro groups is 1. The van der Waals surface area contributed by atoms with Crippen LogP contribution in [0.1, 0.15) is 6.92 Å². The van der Waals surface area contributed by atoms with Crippen molar-refractivity contribution in [1.29, 1.82) is 0 Å². The lowest BCUT2D eigenvalue weighted by molar-refractivity contribution is -0.384. The largest absolute Gasteiger partial charge is 0.393 e. The number of nitro benzene ring substituents is 1. The molecule has 1 aromatic carbocycles. The van der Waals surface area contributed by atoms with Crippen LogP contribution in [-0.4, -0.2) is 21.9 Å². The third kappa shape index (κ3) is 3.35. The Kier molecular flexibility index (Phi) is 3.91. The summed E-state index contributed by atoms with van der Waals surface area (Å²) in [6, 6.07) is 6.30. The quantitative estimate of drug-likeness (QED) is 0.472. The summed E-state index contributed by atoms with van der Waals surface area (Å²) >= 11 is 1.48. The Morgan fingerprint density at radius 1 is 1.50 bits per heavy atom. The monoisotopic (exact) mass is 213 g/mol. The van der Waals surface area contributed by atoms with E-state index >= 15 is 0 Å². The third-order valence-electron chi connectivity index (χ3n) is 1.54. The summed E-state index contributed by atoms with van der Waals surface area (Å²) < 4.78 is 0. The summed E-state index contributed by atoms with van der Waals surface area (Å²) in [5.74, 6) is 0.595. The smallest absolute Gasteiger partial charge is 0.269 e. The minimum atomic E-state index is -0.427. The average Bonchev–Trinajstić information content (AvgIpc) is 2.15. The number of aliphatic hydroxyl groups is 1. The van der Waals surface area contributed by atoms with Gasteiger partial charge in [0.1, 0.15) is 0 Å². The van der Waals surface area contributed by atoms with Crippen LogP contribution in [0.25, 0.3) is 0 Å². The number of non-ortho nitro benzene ring substituents is 1. The van der Waals surface area contributed by atoms with Crippen LogP contribution in [0.4, 0.5) is 5.69 Å². The van der Waals surface area contributed by atoms with Gasteiger partial charge >= 0.3 is 0 Å². The van der Waals surface area contributed by atoms with E-state index in [2.05, 4.69) is 0 Å². The van der Waals surface area contributed by atoms with Gasteiger partial charge in [0.25, 0.3) is 5.69 Å². The van der Waals surface area contributed by atoms with Crippen LogP contribution in [0.3, 0.4) is 0 Å². The zero-order chi connectivity index (χ0) is 10.6. The molecule has 0 aromatic heterocycles. The molecule has 1 aromatic rings. The number of nitrogens with zero attached hydrogens (tertiary/aromatic N) is 1. The highest BCUT2D eigenvalue weighted by molar-refractivity contribution is 7.99. The van der Waals surface area contributed by atoms with Gasteiger partial charge in [0.05, 0.1) is 11.0 Å². The van der Waals surface area contributed by atoms with Crippen LogP contribution in [0.2, 0.25) is 0 Å². The third-order valence-corrected chi connectivity index (χ3v) is 2.79. The summed E-state index contributed by atoms with van der Waals surface area (Å²) in [5, 5.41) is 19.4. The van der Waals surface area contributed by atoms with Crippen LogP contribution in [-0.2, 0) is 0 Å². The van der Waals surface area contributed by atoms with Gasteiger partial charge in [-0.25, -0.2) is 0 Å². The number of thioether (sulfide) groups is 1. The molecule has 0 amide bonds. The molecule has 1 rings (SSSR count). The number of rotatable bonds is 4. The molecule has 1 unspecified atom stereocenters. The summed E-state index contributed by atoms with van der Waals surface area (Å²) in [4.78, 5) is 10.8. The molecule has 0 heterocycles. The van der Waals surface area contributed by atoms with Crippen LogP contribution >= 0.6 is 11.8 Å². The molecule has 1 atom stereocenters. The van der Waals surface area contributed by atoms with Gasteiger partial charge in [-0.1, -0.05) is 0 Å². The molecule has 0 aliphatic heterocycles. The van der Waals surface area contributed by atoms with Crippen molar-refractivity contribution in [3.05, 3.63) is 34.4 Å². The Hall–Kier alpha value is -1.07. The highest BCUT2D eigenvalue weighted by Gasteiger charge is 2.04.